The molecule has 2 unspecified atom stereocenters. The van der Waals surface area contributed by atoms with E-state index in [0.29, 0.717) is 22.9 Å². The molecule has 2 nitrogen and oxygen atoms in total. The summed E-state index contributed by atoms with van der Waals surface area (Å²) in [6.07, 6.45) is 12.0. The minimum absolute atomic E-state index is 0.0742. The lowest BCUT2D eigenvalue weighted by Crippen LogP contribution is -2.59. The first kappa shape index (κ1) is 18.3. The number of rotatable bonds is 3. The van der Waals surface area contributed by atoms with Crippen LogP contribution in [0.3, 0.4) is 0 Å². The lowest BCUT2D eigenvalue weighted by Gasteiger charge is -2.62. The first-order valence-corrected chi connectivity index (χ1v) is 11.2. The smallest absolute Gasteiger partial charge is 0.0581 e. The third-order valence-corrected chi connectivity index (χ3v) is 9.64. The van der Waals surface area contributed by atoms with Crippen molar-refractivity contribution in [3.63, 3.8) is 0 Å². The van der Waals surface area contributed by atoms with Gasteiger partial charge in [0.2, 0.25) is 0 Å². The molecular formula is C23H40O2. The van der Waals surface area contributed by atoms with Gasteiger partial charge in [0.15, 0.2) is 0 Å². The number of fused-ring (bicyclic) bond motifs is 5. The molecular weight excluding hydrogens is 308 g/mol. The first-order valence-electron chi connectivity index (χ1n) is 11.2. The average Bonchev–Trinajstić information content (AvgIpc) is 2.90. The largest absolute Gasteiger partial charge is 0.393 e. The molecule has 0 aromatic carbocycles. The summed E-state index contributed by atoms with van der Waals surface area (Å²) in [7, 11) is 0. The van der Waals surface area contributed by atoms with Gasteiger partial charge in [-0.25, -0.2) is 0 Å². The zero-order valence-electron chi connectivity index (χ0n) is 17.0. The number of hydrogen-bond donors (Lipinski definition) is 1. The van der Waals surface area contributed by atoms with Crippen molar-refractivity contribution in [3.8, 4) is 0 Å². The highest BCUT2D eigenvalue weighted by atomic mass is 16.5. The van der Waals surface area contributed by atoms with E-state index >= 15 is 0 Å². The van der Waals surface area contributed by atoms with Gasteiger partial charge in [0.1, 0.15) is 0 Å². The van der Waals surface area contributed by atoms with Gasteiger partial charge in [0.25, 0.3) is 0 Å². The molecule has 0 bridgehead atoms. The van der Waals surface area contributed by atoms with Crippen LogP contribution in [0.2, 0.25) is 0 Å². The highest BCUT2D eigenvalue weighted by Gasteiger charge is 2.62. The minimum atomic E-state index is -0.0742. The molecule has 4 aliphatic rings. The Morgan fingerprint density at radius 1 is 1.00 bits per heavy atom. The fraction of sp³-hybridized carbons (Fsp3) is 1.00. The predicted molar refractivity (Wildman–Crippen MR) is 102 cm³/mol. The molecule has 25 heavy (non-hydrogen) atoms. The Balaban J connectivity index is 1.59. The van der Waals surface area contributed by atoms with Crippen molar-refractivity contribution >= 4 is 0 Å². The average molecular weight is 349 g/mol. The second-order valence-corrected chi connectivity index (χ2v) is 10.4. The van der Waals surface area contributed by atoms with Crippen molar-refractivity contribution in [1.29, 1.82) is 0 Å². The molecule has 0 spiro atoms. The van der Waals surface area contributed by atoms with E-state index < -0.39 is 0 Å². The van der Waals surface area contributed by atoms with Crippen LogP contribution in [0.15, 0.2) is 0 Å². The predicted octanol–water partition coefficient (Wildman–Crippen LogP) is 5.43. The topological polar surface area (TPSA) is 29.5 Å². The molecule has 0 aromatic rings. The van der Waals surface area contributed by atoms with Gasteiger partial charge in [0.05, 0.1) is 12.2 Å². The van der Waals surface area contributed by atoms with Crippen LogP contribution in [0, 0.1) is 40.4 Å². The monoisotopic (exact) mass is 348 g/mol. The van der Waals surface area contributed by atoms with E-state index in [0.717, 1.165) is 36.7 Å². The van der Waals surface area contributed by atoms with Gasteiger partial charge in [-0.3, -0.25) is 0 Å². The van der Waals surface area contributed by atoms with E-state index in [1.165, 1.54) is 51.4 Å². The number of aliphatic hydroxyl groups excluding tert-OH is 1. The Kier molecular flexibility index (Phi) is 4.77. The van der Waals surface area contributed by atoms with Crippen LogP contribution in [0.5, 0.6) is 0 Å². The quantitative estimate of drug-likeness (QED) is 0.737. The second kappa shape index (κ2) is 6.51. The van der Waals surface area contributed by atoms with Crippen LogP contribution >= 0.6 is 0 Å². The van der Waals surface area contributed by atoms with Crippen LogP contribution in [0.25, 0.3) is 0 Å². The number of aliphatic hydroxyl groups is 1. The van der Waals surface area contributed by atoms with Crippen molar-refractivity contribution in [3.05, 3.63) is 0 Å². The number of hydrogen-bond acceptors (Lipinski definition) is 2. The molecule has 2 heteroatoms. The van der Waals surface area contributed by atoms with Crippen LogP contribution in [0.1, 0.15) is 85.5 Å². The van der Waals surface area contributed by atoms with E-state index in [9.17, 15) is 5.11 Å². The third-order valence-electron chi connectivity index (χ3n) is 9.64. The van der Waals surface area contributed by atoms with Crippen molar-refractivity contribution in [2.24, 2.45) is 40.4 Å². The van der Waals surface area contributed by atoms with Crippen LogP contribution < -0.4 is 0 Å². The maximum Gasteiger partial charge on any atom is 0.0581 e. The van der Waals surface area contributed by atoms with E-state index in [1.54, 1.807) is 0 Å². The van der Waals surface area contributed by atoms with Gasteiger partial charge in [-0.15, -0.1) is 0 Å². The summed E-state index contributed by atoms with van der Waals surface area (Å²) in [6.45, 7) is 10.4. The molecule has 4 aliphatic carbocycles. The Bertz CT molecular complexity index is 490. The lowest BCUT2D eigenvalue weighted by atomic mass is 9.44. The third kappa shape index (κ3) is 2.64. The highest BCUT2D eigenvalue weighted by molar-refractivity contribution is 5.11. The van der Waals surface area contributed by atoms with Gasteiger partial charge in [-0.05, 0) is 98.7 Å². The van der Waals surface area contributed by atoms with Crippen molar-refractivity contribution in [2.75, 3.05) is 6.61 Å². The van der Waals surface area contributed by atoms with Crippen molar-refractivity contribution in [2.45, 2.75) is 97.7 Å². The number of ether oxygens (including phenoxy) is 1. The summed E-state index contributed by atoms with van der Waals surface area (Å²) in [5.74, 6) is 3.79. The molecule has 4 rings (SSSR count). The standard InChI is InChI=1S/C23H40O2/c1-5-15-8-10-19-18-9-7-16-13-17(25-6-2)11-12-22(16,3)21(18)20(24)14-23(15,19)4/h15-21,24H,5-14H2,1-4H3/t15-,16?,17?,18-,19-,20-,21+,22-,23+/m0/s1. The van der Waals surface area contributed by atoms with Crippen LogP contribution in [-0.2, 0) is 4.74 Å². The molecule has 0 aliphatic heterocycles. The van der Waals surface area contributed by atoms with Crippen LogP contribution in [-0.4, -0.2) is 23.9 Å². The zero-order valence-corrected chi connectivity index (χ0v) is 17.0. The summed E-state index contributed by atoms with van der Waals surface area (Å²) < 4.78 is 5.99. The molecule has 0 heterocycles. The SMILES string of the molecule is CCOC1CC[C@@]2(C)C(CC[C@@H]3[C@@H]2[C@@H](O)C[C@]2(C)[C@@H](CC)CC[C@@H]32)C1. The maximum absolute atomic E-state index is 11.4. The normalized spacial score (nSPS) is 55.3. The van der Waals surface area contributed by atoms with E-state index in [4.69, 9.17) is 4.74 Å². The Labute approximate surface area is 155 Å². The molecule has 4 fully saturated rings. The van der Waals surface area contributed by atoms with Crippen molar-refractivity contribution < 1.29 is 9.84 Å². The van der Waals surface area contributed by atoms with Gasteiger partial charge >= 0.3 is 0 Å². The minimum Gasteiger partial charge on any atom is -0.393 e. The lowest BCUT2D eigenvalue weighted by molar-refractivity contribution is -0.180. The molecule has 0 aromatic heterocycles. The van der Waals surface area contributed by atoms with E-state index in [-0.39, 0.29) is 6.10 Å². The second-order valence-electron chi connectivity index (χ2n) is 10.4. The Morgan fingerprint density at radius 2 is 1.80 bits per heavy atom. The fourth-order valence-corrected chi connectivity index (χ4v) is 8.50. The summed E-state index contributed by atoms with van der Waals surface area (Å²) in [6, 6.07) is 0. The Morgan fingerprint density at radius 3 is 2.52 bits per heavy atom. The molecule has 0 saturated heterocycles. The Hall–Kier alpha value is -0.0800. The van der Waals surface area contributed by atoms with Gasteiger partial charge in [0, 0.05) is 6.61 Å². The zero-order chi connectivity index (χ0) is 17.8. The first-order chi connectivity index (χ1) is 11.9. The molecule has 1 N–H and O–H groups in total. The van der Waals surface area contributed by atoms with Gasteiger partial charge in [-0.1, -0.05) is 27.2 Å². The molecule has 4 saturated carbocycles. The summed E-state index contributed by atoms with van der Waals surface area (Å²) in [5, 5.41) is 11.4. The van der Waals surface area contributed by atoms with Gasteiger partial charge in [-0.2, -0.15) is 0 Å². The molecule has 144 valence electrons. The van der Waals surface area contributed by atoms with Crippen LogP contribution in [0.4, 0.5) is 0 Å². The summed E-state index contributed by atoms with van der Waals surface area (Å²) in [5.41, 5.74) is 0.753. The van der Waals surface area contributed by atoms with Gasteiger partial charge < -0.3 is 9.84 Å². The molecule has 0 radical (unpaired) electrons. The highest BCUT2D eigenvalue weighted by Crippen LogP contribution is 2.67. The summed E-state index contributed by atoms with van der Waals surface area (Å²) >= 11 is 0. The molecule has 9 atom stereocenters. The van der Waals surface area contributed by atoms with Crippen molar-refractivity contribution in [1.82, 2.24) is 0 Å². The van der Waals surface area contributed by atoms with E-state index in [1.807, 2.05) is 0 Å². The summed E-state index contributed by atoms with van der Waals surface area (Å²) in [4.78, 5) is 0. The molecule has 0 amide bonds. The van der Waals surface area contributed by atoms with E-state index in [2.05, 4.69) is 27.7 Å². The fourth-order valence-electron chi connectivity index (χ4n) is 8.50. The maximum atomic E-state index is 11.4.